The van der Waals surface area contributed by atoms with Crippen molar-refractivity contribution < 1.29 is 18.7 Å². The smallest absolute Gasteiger partial charge is 0.417 e. The van der Waals surface area contributed by atoms with E-state index in [0.717, 1.165) is 4.90 Å². The van der Waals surface area contributed by atoms with E-state index in [1.807, 2.05) is 6.07 Å². The second-order valence-corrected chi connectivity index (χ2v) is 7.81. The molecule has 0 aliphatic carbocycles. The summed E-state index contributed by atoms with van der Waals surface area (Å²) in [6.45, 7) is 5.01. The van der Waals surface area contributed by atoms with E-state index in [1.54, 1.807) is 20.8 Å². The molecule has 0 saturated carbocycles. The first-order valence-corrected chi connectivity index (χ1v) is 8.85. The second-order valence-electron chi connectivity index (χ2n) is 6.96. The van der Waals surface area contributed by atoms with Gasteiger partial charge in [-0.3, -0.25) is 4.79 Å². The number of hydrogen-bond donors (Lipinski definition) is 0. The fourth-order valence-corrected chi connectivity index (χ4v) is 3.35. The lowest BCUT2D eigenvalue weighted by Crippen LogP contribution is -2.36. The largest absolute Gasteiger partial charge is 0.443 e. The van der Waals surface area contributed by atoms with Gasteiger partial charge in [0.25, 0.3) is 5.91 Å². The number of hydrogen-bond acceptors (Lipinski definition) is 5. The van der Waals surface area contributed by atoms with Gasteiger partial charge in [-0.15, -0.1) is 0 Å². The predicted molar refractivity (Wildman–Crippen MR) is 98.2 cm³/mol. The van der Waals surface area contributed by atoms with Crippen molar-refractivity contribution in [3.05, 3.63) is 51.4 Å². The van der Waals surface area contributed by atoms with Gasteiger partial charge >= 0.3 is 6.09 Å². The van der Waals surface area contributed by atoms with Crippen LogP contribution in [0.5, 0.6) is 0 Å². The average Bonchev–Trinajstić information content (AvgIpc) is 2.90. The highest BCUT2D eigenvalue weighted by Crippen LogP contribution is 2.34. The zero-order chi connectivity index (χ0) is 19.9. The number of halogens is 2. The van der Waals surface area contributed by atoms with E-state index in [-0.39, 0.29) is 28.9 Å². The van der Waals surface area contributed by atoms with Gasteiger partial charge in [-0.25, -0.2) is 19.1 Å². The molecule has 0 fully saturated rings. The van der Waals surface area contributed by atoms with Crippen LogP contribution in [0.25, 0.3) is 11.3 Å². The minimum Gasteiger partial charge on any atom is -0.443 e. The quantitative estimate of drug-likeness (QED) is 0.667. The number of imide groups is 1. The summed E-state index contributed by atoms with van der Waals surface area (Å²) < 4.78 is 19.9. The first kappa shape index (κ1) is 19.0. The Bertz CT molecular complexity index is 1010. The van der Waals surface area contributed by atoms with E-state index in [2.05, 4.69) is 20.9 Å². The Labute approximate surface area is 163 Å². The van der Waals surface area contributed by atoms with Gasteiger partial charge in [-0.1, -0.05) is 6.07 Å². The Balaban J connectivity index is 2.04. The van der Waals surface area contributed by atoms with E-state index in [4.69, 9.17) is 4.74 Å². The lowest BCUT2D eigenvalue weighted by atomic mass is 10.0. The van der Waals surface area contributed by atoms with Gasteiger partial charge in [0, 0.05) is 4.47 Å². The summed E-state index contributed by atoms with van der Waals surface area (Å²) in [4.78, 5) is 30.2. The maximum Gasteiger partial charge on any atom is 0.417 e. The Kier molecular flexibility index (Phi) is 4.74. The van der Waals surface area contributed by atoms with Crippen LogP contribution in [0.3, 0.4) is 0 Å². The Hall–Kier alpha value is -2.79. The number of amides is 2. The number of pyridine rings is 1. The minimum atomic E-state index is -0.775. The highest BCUT2D eigenvalue weighted by molar-refractivity contribution is 9.10. The Morgan fingerprint density at radius 1 is 1.37 bits per heavy atom. The summed E-state index contributed by atoms with van der Waals surface area (Å²) >= 11 is 3.30. The zero-order valence-corrected chi connectivity index (χ0v) is 16.4. The number of aromatic nitrogens is 1. The summed E-state index contributed by atoms with van der Waals surface area (Å²) in [6.07, 6.45) is -0.775. The van der Waals surface area contributed by atoms with E-state index >= 15 is 0 Å². The van der Waals surface area contributed by atoms with Crippen molar-refractivity contribution in [1.29, 1.82) is 5.26 Å². The predicted octanol–water partition coefficient (Wildman–Crippen LogP) is 4.41. The van der Waals surface area contributed by atoms with Crippen LogP contribution in [0.15, 0.2) is 28.7 Å². The first-order chi connectivity index (χ1) is 12.6. The maximum atomic E-state index is 14.3. The van der Waals surface area contributed by atoms with Crippen LogP contribution in [0.2, 0.25) is 0 Å². The molecular formula is C19H15BrFN3O3. The molecule has 3 rings (SSSR count). The number of carbonyl (C=O) groups excluding carboxylic acids is 2. The number of carbonyl (C=O) groups is 2. The third kappa shape index (κ3) is 3.55. The summed E-state index contributed by atoms with van der Waals surface area (Å²) in [6, 6.07) is 7.56. The number of nitrogens with zero attached hydrogens (tertiary/aromatic N) is 3. The van der Waals surface area contributed by atoms with Crippen molar-refractivity contribution >= 4 is 27.9 Å². The van der Waals surface area contributed by atoms with Gasteiger partial charge in [-0.2, -0.15) is 5.26 Å². The molecule has 0 bridgehead atoms. The van der Waals surface area contributed by atoms with Crippen molar-refractivity contribution in [2.24, 2.45) is 0 Å². The van der Waals surface area contributed by atoms with Crippen LogP contribution in [-0.2, 0) is 11.3 Å². The van der Waals surface area contributed by atoms with Crippen molar-refractivity contribution in [2.75, 3.05) is 0 Å². The van der Waals surface area contributed by atoms with Gasteiger partial charge in [0.2, 0.25) is 0 Å². The third-order valence-electron chi connectivity index (χ3n) is 3.82. The van der Waals surface area contributed by atoms with Crippen molar-refractivity contribution in [1.82, 2.24) is 9.88 Å². The molecule has 0 N–H and O–H groups in total. The maximum absolute atomic E-state index is 14.3. The summed E-state index contributed by atoms with van der Waals surface area (Å²) in [5.74, 6) is -1.14. The van der Waals surface area contributed by atoms with Crippen LogP contribution < -0.4 is 0 Å². The topological polar surface area (TPSA) is 83.3 Å². The molecule has 138 valence electrons. The first-order valence-electron chi connectivity index (χ1n) is 8.05. The molecule has 1 aromatic heterocycles. The number of ether oxygens (including phenoxy) is 1. The summed E-state index contributed by atoms with van der Waals surface area (Å²) in [5, 5.41) is 9.25. The molecule has 0 unspecified atom stereocenters. The number of fused-ring (bicyclic) bond motifs is 1. The molecule has 2 aromatic rings. The average molecular weight is 432 g/mol. The Morgan fingerprint density at radius 2 is 2.07 bits per heavy atom. The van der Waals surface area contributed by atoms with Crippen molar-refractivity contribution in [3.8, 4) is 17.3 Å². The number of benzene rings is 1. The van der Waals surface area contributed by atoms with Crippen LogP contribution in [0.1, 0.15) is 42.4 Å². The van der Waals surface area contributed by atoms with Gasteiger partial charge in [0.05, 0.1) is 40.7 Å². The van der Waals surface area contributed by atoms with Crippen LogP contribution in [-0.4, -0.2) is 27.5 Å². The standard InChI is InChI=1S/C19H15BrFN3O3/c1-19(2,3)27-18(26)24-9-14-16(17(24)25)11(20)7-13(23-14)15-10(8-22)5-4-6-12(15)21/h4-7H,9H2,1-3H3. The van der Waals surface area contributed by atoms with Gasteiger partial charge < -0.3 is 4.74 Å². The highest BCUT2D eigenvalue weighted by atomic mass is 79.9. The van der Waals surface area contributed by atoms with Crippen LogP contribution in [0.4, 0.5) is 9.18 Å². The third-order valence-corrected chi connectivity index (χ3v) is 4.44. The van der Waals surface area contributed by atoms with Gasteiger partial charge in [0.1, 0.15) is 11.4 Å². The Morgan fingerprint density at radius 3 is 2.70 bits per heavy atom. The molecule has 0 saturated heterocycles. The molecule has 0 spiro atoms. The molecular weight excluding hydrogens is 417 g/mol. The lowest BCUT2D eigenvalue weighted by molar-refractivity contribution is 0.0247. The molecule has 1 aliphatic heterocycles. The highest BCUT2D eigenvalue weighted by Gasteiger charge is 2.38. The molecule has 1 aromatic carbocycles. The lowest BCUT2D eigenvalue weighted by Gasteiger charge is -2.23. The minimum absolute atomic E-state index is 0.0478. The molecule has 1 aliphatic rings. The van der Waals surface area contributed by atoms with Crippen molar-refractivity contribution in [3.63, 3.8) is 0 Å². The fraction of sp³-hybridized carbons (Fsp3) is 0.263. The molecule has 27 heavy (non-hydrogen) atoms. The van der Waals surface area contributed by atoms with E-state index in [0.29, 0.717) is 10.2 Å². The summed E-state index contributed by atoms with van der Waals surface area (Å²) in [7, 11) is 0. The zero-order valence-electron chi connectivity index (χ0n) is 14.8. The van der Waals surface area contributed by atoms with E-state index in [9.17, 15) is 19.2 Å². The fourth-order valence-electron chi connectivity index (χ4n) is 2.73. The van der Waals surface area contributed by atoms with E-state index in [1.165, 1.54) is 24.3 Å². The number of rotatable bonds is 1. The second kappa shape index (κ2) is 6.74. The van der Waals surface area contributed by atoms with Gasteiger partial charge in [0.15, 0.2) is 0 Å². The monoisotopic (exact) mass is 431 g/mol. The van der Waals surface area contributed by atoms with E-state index < -0.39 is 23.4 Å². The number of nitriles is 1. The SMILES string of the molecule is CC(C)(C)OC(=O)N1Cc2nc(-c3c(F)cccc3C#N)cc(Br)c2C1=O. The molecule has 8 heteroatoms. The molecule has 0 radical (unpaired) electrons. The molecule has 2 amide bonds. The molecule has 0 atom stereocenters. The summed E-state index contributed by atoms with van der Waals surface area (Å²) in [5.41, 5.74) is 0.155. The normalized spacial score (nSPS) is 13.3. The molecule has 2 heterocycles. The van der Waals surface area contributed by atoms with Crippen LogP contribution in [0, 0.1) is 17.1 Å². The van der Waals surface area contributed by atoms with Crippen molar-refractivity contribution in [2.45, 2.75) is 32.9 Å². The van der Waals surface area contributed by atoms with Gasteiger partial charge in [-0.05, 0) is 54.9 Å². The molecule has 6 nitrogen and oxygen atoms in total. The van der Waals surface area contributed by atoms with Crippen LogP contribution >= 0.6 is 15.9 Å².